The van der Waals surface area contributed by atoms with E-state index in [-0.39, 0.29) is 11.0 Å². The van der Waals surface area contributed by atoms with E-state index in [2.05, 4.69) is 20.4 Å². The van der Waals surface area contributed by atoms with E-state index in [1.165, 1.54) is 31.4 Å². The van der Waals surface area contributed by atoms with Crippen LogP contribution in [0.25, 0.3) is 0 Å². The first-order valence-electron chi connectivity index (χ1n) is 6.76. The number of nitrogens with zero attached hydrogens (tertiary/aromatic N) is 1. The van der Waals surface area contributed by atoms with E-state index in [0.29, 0.717) is 17.7 Å². The second-order valence-corrected chi connectivity index (χ2v) is 4.98. The van der Waals surface area contributed by atoms with Gasteiger partial charge < -0.3 is 10.1 Å². The molecule has 0 spiro atoms. The van der Waals surface area contributed by atoms with Crippen LogP contribution in [0.15, 0.2) is 48.8 Å². The molecule has 1 amide bonds. The van der Waals surface area contributed by atoms with Gasteiger partial charge in [0.05, 0.1) is 12.7 Å². The lowest BCUT2D eigenvalue weighted by molar-refractivity contribution is 0.0600. The molecule has 0 radical (unpaired) electrons. The first-order valence-corrected chi connectivity index (χ1v) is 7.17. The van der Waals surface area contributed by atoms with Gasteiger partial charge in [0.25, 0.3) is 5.91 Å². The number of carbonyl (C=O) groups is 2. The largest absolute Gasteiger partial charge is 0.465 e. The molecule has 7 heteroatoms. The lowest BCUT2D eigenvalue weighted by Gasteiger charge is -2.09. The zero-order valence-electron chi connectivity index (χ0n) is 12.4. The van der Waals surface area contributed by atoms with Crippen LogP contribution in [0.2, 0.25) is 0 Å². The number of pyridine rings is 1. The summed E-state index contributed by atoms with van der Waals surface area (Å²) in [6.45, 7) is 0.466. The van der Waals surface area contributed by atoms with Crippen molar-refractivity contribution in [2.75, 3.05) is 7.11 Å². The Morgan fingerprint density at radius 3 is 2.48 bits per heavy atom. The van der Waals surface area contributed by atoms with Gasteiger partial charge in [-0.1, -0.05) is 6.07 Å². The summed E-state index contributed by atoms with van der Waals surface area (Å²) in [6, 6.07) is 9.83. The van der Waals surface area contributed by atoms with Gasteiger partial charge in [-0.25, -0.2) is 4.79 Å². The summed E-state index contributed by atoms with van der Waals surface area (Å²) < 4.78 is 4.60. The van der Waals surface area contributed by atoms with Gasteiger partial charge in [-0.15, -0.1) is 0 Å². The maximum Gasteiger partial charge on any atom is 0.337 e. The van der Waals surface area contributed by atoms with Crippen molar-refractivity contribution in [1.82, 2.24) is 15.6 Å². The normalized spacial score (nSPS) is 9.78. The molecule has 1 heterocycles. The molecule has 2 aromatic rings. The fraction of sp³-hybridized carbons (Fsp3) is 0.125. The molecular formula is C16H15N3O3S. The molecule has 2 rings (SSSR count). The molecule has 0 fully saturated rings. The van der Waals surface area contributed by atoms with Gasteiger partial charge in [0.1, 0.15) is 0 Å². The Bertz CT molecular complexity index is 702. The highest BCUT2D eigenvalue weighted by Crippen LogP contribution is 2.05. The number of methoxy groups -OCH3 is 1. The van der Waals surface area contributed by atoms with Crippen LogP contribution in [-0.2, 0) is 11.3 Å². The van der Waals surface area contributed by atoms with Crippen LogP contribution >= 0.6 is 12.2 Å². The SMILES string of the molecule is COC(=O)c1ccc(C(=O)NC(=S)NCc2cccnc2)cc1. The lowest BCUT2D eigenvalue weighted by Crippen LogP contribution is -2.38. The average molecular weight is 329 g/mol. The van der Waals surface area contributed by atoms with Gasteiger partial charge in [-0.3, -0.25) is 15.1 Å². The fourth-order valence-corrected chi connectivity index (χ4v) is 1.94. The second kappa shape index (κ2) is 8.00. The van der Waals surface area contributed by atoms with Gasteiger partial charge in [-0.2, -0.15) is 0 Å². The standard InChI is InChI=1S/C16H15N3O3S/c1-22-15(21)13-6-4-12(5-7-13)14(20)19-16(23)18-10-11-3-2-8-17-9-11/h2-9H,10H2,1H3,(H2,18,19,20,23). The Hall–Kier alpha value is -2.80. The summed E-state index contributed by atoms with van der Waals surface area (Å²) in [4.78, 5) is 27.4. The van der Waals surface area contributed by atoms with Crippen LogP contribution in [0.4, 0.5) is 0 Å². The molecule has 6 nitrogen and oxygen atoms in total. The number of benzene rings is 1. The van der Waals surface area contributed by atoms with Crippen LogP contribution in [-0.4, -0.2) is 29.1 Å². The van der Waals surface area contributed by atoms with Gasteiger partial charge in [0.2, 0.25) is 0 Å². The van der Waals surface area contributed by atoms with E-state index in [9.17, 15) is 9.59 Å². The summed E-state index contributed by atoms with van der Waals surface area (Å²) in [5.41, 5.74) is 1.72. The van der Waals surface area contributed by atoms with E-state index in [0.717, 1.165) is 5.56 Å². The zero-order valence-corrected chi connectivity index (χ0v) is 13.2. The van der Waals surface area contributed by atoms with Crippen molar-refractivity contribution in [3.8, 4) is 0 Å². The maximum absolute atomic E-state index is 12.0. The number of ether oxygens (including phenoxy) is 1. The summed E-state index contributed by atoms with van der Waals surface area (Å²) >= 11 is 5.08. The van der Waals surface area contributed by atoms with E-state index in [4.69, 9.17) is 12.2 Å². The van der Waals surface area contributed by atoms with Gasteiger partial charge in [-0.05, 0) is 48.1 Å². The minimum atomic E-state index is -0.453. The molecule has 0 aliphatic rings. The third-order valence-electron chi connectivity index (χ3n) is 2.97. The first kappa shape index (κ1) is 16.6. The highest BCUT2D eigenvalue weighted by Gasteiger charge is 2.10. The number of nitrogens with one attached hydrogen (secondary N) is 2. The summed E-state index contributed by atoms with van der Waals surface area (Å²) in [5.74, 6) is -0.810. The quantitative estimate of drug-likeness (QED) is 0.656. The minimum Gasteiger partial charge on any atom is -0.465 e. The van der Waals surface area contributed by atoms with Crippen molar-refractivity contribution in [3.63, 3.8) is 0 Å². The van der Waals surface area contributed by atoms with Gasteiger partial charge >= 0.3 is 5.97 Å². The predicted octanol–water partition coefficient (Wildman–Crippen LogP) is 1.67. The monoisotopic (exact) mass is 329 g/mol. The minimum absolute atomic E-state index is 0.218. The Morgan fingerprint density at radius 1 is 1.17 bits per heavy atom. The Kier molecular flexibility index (Phi) is 5.76. The van der Waals surface area contributed by atoms with Gasteiger partial charge in [0.15, 0.2) is 5.11 Å². The Balaban J connectivity index is 1.88. The van der Waals surface area contributed by atoms with E-state index >= 15 is 0 Å². The van der Waals surface area contributed by atoms with Crippen LogP contribution in [0.1, 0.15) is 26.3 Å². The molecule has 0 atom stereocenters. The van der Waals surface area contributed by atoms with Crippen LogP contribution in [0.5, 0.6) is 0 Å². The molecule has 0 bridgehead atoms. The molecule has 0 aliphatic carbocycles. The van der Waals surface area contributed by atoms with Gasteiger partial charge in [0, 0.05) is 24.5 Å². The lowest BCUT2D eigenvalue weighted by atomic mass is 10.1. The number of rotatable bonds is 4. The van der Waals surface area contributed by atoms with E-state index < -0.39 is 5.97 Å². The molecule has 0 unspecified atom stereocenters. The topological polar surface area (TPSA) is 80.3 Å². The molecule has 1 aromatic carbocycles. The van der Waals surface area contributed by atoms with Crippen molar-refractivity contribution >= 4 is 29.2 Å². The molecular weight excluding hydrogens is 314 g/mol. The van der Waals surface area contributed by atoms with Crippen molar-refractivity contribution < 1.29 is 14.3 Å². The Morgan fingerprint density at radius 2 is 1.87 bits per heavy atom. The predicted molar refractivity (Wildman–Crippen MR) is 88.9 cm³/mol. The second-order valence-electron chi connectivity index (χ2n) is 4.57. The van der Waals surface area contributed by atoms with E-state index in [1.54, 1.807) is 12.4 Å². The molecule has 23 heavy (non-hydrogen) atoms. The molecule has 0 saturated heterocycles. The van der Waals surface area contributed by atoms with Crippen LogP contribution < -0.4 is 10.6 Å². The molecule has 1 aromatic heterocycles. The number of esters is 1. The average Bonchev–Trinajstić information content (AvgIpc) is 2.60. The number of thiocarbonyl (C=S) groups is 1. The maximum atomic E-state index is 12.0. The smallest absolute Gasteiger partial charge is 0.337 e. The van der Waals surface area contributed by atoms with Crippen LogP contribution in [0, 0.1) is 0 Å². The third-order valence-corrected chi connectivity index (χ3v) is 3.22. The summed E-state index contributed by atoms with van der Waals surface area (Å²) in [6.07, 6.45) is 3.39. The Labute approximate surface area is 138 Å². The highest BCUT2D eigenvalue weighted by atomic mass is 32.1. The van der Waals surface area contributed by atoms with Crippen molar-refractivity contribution in [1.29, 1.82) is 0 Å². The van der Waals surface area contributed by atoms with Crippen LogP contribution in [0.3, 0.4) is 0 Å². The molecule has 118 valence electrons. The molecule has 2 N–H and O–H groups in total. The number of hydrogen-bond acceptors (Lipinski definition) is 5. The summed E-state index contributed by atoms with van der Waals surface area (Å²) in [5, 5.41) is 5.72. The third kappa shape index (κ3) is 4.86. The zero-order chi connectivity index (χ0) is 16.7. The van der Waals surface area contributed by atoms with E-state index in [1.807, 2.05) is 12.1 Å². The van der Waals surface area contributed by atoms with Crippen molar-refractivity contribution in [2.45, 2.75) is 6.54 Å². The first-order chi connectivity index (χ1) is 11.1. The number of aromatic nitrogens is 1. The number of amides is 1. The molecule has 0 aliphatic heterocycles. The number of hydrogen-bond donors (Lipinski definition) is 2. The van der Waals surface area contributed by atoms with Crippen molar-refractivity contribution in [3.05, 3.63) is 65.5 Å². The highest BCUT2D eigenvalue weighted by molar-refractivity contribution is 7.80. The van der Waals surface area contributed by atoms with Crippen molar-refractivity contribution in [2.24, 2.45) is 0 Å². The number of carbonyl (C=O) groups excluding carboxylic acids is 2. The fourth-order valence-electron chi connectivity index (χ4n) is 1.78. The molecule has 0 saturated carbocycles. The summed E-state index contributed by atoms with van der Waals surface area (Å²) in [7, 11) is 1.30.